The molecule has 98 valence electrons. The van der Waals surface area contributed by atoms with E-state index in [9.17, 15) is 4.79 Å². The van der Waals surface area contributed by atoms with Gasteiger partial charge in [-0.25, -0.2) is 0 Å². The Bertz CT molecular complexity index is 537. The summed E-state index contributed by atoms with van der Waals surface area (Å²) in [6, 6.07) is 18.3. The summed E-state index contributed by atoms with van der Waals surface area (Å²) in [5, 5.41) is 11.8. The van der Waals surface area contributed by atoms with Gasteiger partial charge in [0.25, 0.3) is 0 Å². The highest BCUT2D eigenvalue weighted by molar-refractivity contribution is 5.68. The molecule has 0 bridgehead atoms. The molecule has 0 heterocycles. The van der Waals surface area contributed by atoms with E-state index in [1.165, 1.54) is 5.56 Å². The van der Waals surface area contributed by atoms with Gasteiger partial charge in [-0.2, -0.15) is 0 Å². The number of benzene rings is 2. The SMILES string of the molecule is O=C(O)CCCNc1cccc(-c2ccccc2)c1. The zero-order chi connectivity index (χ0) is 13.5. The predicted octanol–water partition coefficient (Wildman–Crippen LogP) is 3.63. The molecule has 0 saturated carbocycles. The minimum atomic E-state index is -0.750. The van der Waals surface area contributed by atoms with E-state index in [0.29, 0.717) is 13.0 Å². The normalized spacial score (nSPS) is 10.1. The Morgan fingerprint density at radius 3 is 2.47 bits per heavy atom. The summed E-state index contributed by atoms with van der Waals surface area (Å²) in [6.07, 6.45) is 0.830. The number of carbonyl (C=O) groups is 1. The van der Waals surface area contributed by atoms with Crippen molar-refractivity contribution >= 4 is 11.7 Å². The van der Waals surface area contributed by atoms with Crippen molar-refractivity contribution in [3.05, 3.63) is 54.6 Å². The maximum absolute atomic E-state index is 10.4. The first-order valence-electron chi connectivity index (χ1n) is 6.37. The van der Waals surface area contributed by atoms with Crippen molar-refractivity contribution in [3.63, 3.8) is 0 Å². The van der Waals surface area contributed by atoms with E-state index in [1.807, 2.05) is 30.3 Å². The van der Waals surface area contributed by atoms with Crippen molar-refractivity contribution in [2.75, 3.05) is 11.9 Å². The van der Waals surface area contributed by atoms with E-state index in [-0.39, 0.29) is 6.42 Å². The van der Waals surface area contributed by atoms with Crippen molar-refractivity contribution in [2.24, 2.45) is 0 Å². The minimum Gasteiger partial charge on any atom is -0.481 e. The maximum Gasteiger partial charge on any atom is 0.303 e. The largest absolute Gasteiger partial charge is 0.481 e. The van der Waals surface area contributed by atoms with E-state index >= 15 is 0 Å². The molecule has 0 aliphatic heterocycles. The first kappa shape index (κ1) is 13.1. The molecule has 0 fully saturated rings. The van der Waals surface area contributed by atoms with Crippen LogP contribution < -0.4 is 5.32 Å². The molecule has 2 aromatic rings. The number of nitrogens with one attached hydrogen (secondary N) is 1. The van der Waals surface area contributed by atoms with Crippen LogP contribution in [0.25, 0.3) is 11.1 Å². The van der Waals surface area contributed by atoms with E-state index in [2.05, 4.69) is 29.6 Å². The standard InChI is InChI=1S/C16H17NO2/c18-16(19)10-5-11-17-15-9-4-8-14(12-15)13-6-2-1-3-7-13/h1-4,6-9,12,17H,5,10-11H2,(H,18,19). The van der Waals surface area contributed by atoms with Gasteiger partial charge in [0.2, 0.25) is 0 Å². The third-order valence-electron chi connectivity index (χ3n) is 2.87. The molecule has 0 unspecified atom stereocenters. The Balaban J connectivity index is 1.98. The van der Waals surface area contributed by atoms with Crippen LogP contribution in [-0.4, -0.2) is 17.6 Å². The molecule has 0 aliphatic carbocycles. The van der Waals surface area contributed by atoms with Gasteiger partial charge in [0.15, 0.2) is 0 Å². The zero-order valence-corrected chi connectivity index (χ0v) is 10.7. The van der Waals surface area contributed by atoms with Gasteiger partial charge in [0, 0.05) is 18.7 Å². The molecule has 0 atom stereocenters. The van der Waals surface area contributed by atoms with E-state index in [1.54, 1.807) is 0 Å². The lowest BCUT2D eigenvalue weighted by Crippen LogP contribution is -2.04. The van der Waals surface area contributed by atoms with Gasteiger partial charge in [0.05, 0.1) is 0 Å². The summed E-state index contributed by atoms with van der Waals surface area (Å²) in [4.78, 5) is 10.4. The first-order valence-corrected chi connectivity index (χ1v) is 6.37. The summed E-state index contributed by atoms with van der Waals surface area (Å²) in [5.41, 5.74) is 3.35. The average Bonchev–Trinajstić information content (AvgIpc) is 2.45. The van der Waals surface area contributed by atoms with Gasteiger partial charge < -0.3 is 10.4 Å². The van der Waals surface area contributed by atoms with Gasteiger partial charge in [-0.3, -0.25) is 4.79 Å². The Kier molecular flexibility index (Phi) is 4.56. The summed E-state index contributed by atoms with van der Waals surface area (Å²) in [7, 11) is 0. The molecule has 0 aliphatic rings. The molecule has 0 aromatic heterocycles. The molecule has 19 heavy (non-hydrogen) atoms. The van der Waals surface area contributed by atoms with Crippen LogP contribution in [0.1, 0.15) is 12.8 Å². The second-order valence-electron chi connectivity index (χ2n) is 4.37. The summed E-state index contributed by atoms with van der Waals surface area (Å²) >= 11 is 0. The number of carboxylic acid groups (broad SMARTS) is 1. The van der Waals surface area contributed by atoms with Crippen LogP contribution >= 0.6 is 0 Å². The van der Waals surface area contributed by atoms with Crippen molar-refractivity contribution < 1.29 is 9.90 Å². The summed E-state index contributed by atoms with van der Waals surface area (Å²) in [6.45, 7) is 0.671. The second-order valence-corrected chi connectivity index (χ2v) is 4.37. The molecular formula is C16H17NO2. The number of hydrogen-bond donors (Lipinski definition) is 2. The fourth-order valence-corrected chi connectivity index (χ4v) is 1.91. The number of aliphatic carboxylic acids is 1. The monoisotopic (exact) mass is 255 g/mol. The van der Waals surface area contributed by atoms with Crippen molar-refractivity contribution in [2.45, 2.75) is 12.8 Å². The Hall–Kier alpha value is -2.29. The average molecular weight is 255 g/mol. The van der Waals surface area contributed by atoms with Crippen LogP contribution in [0.4, 0.5) is 5.69 Å². The van der Waals surface area contributed by atoms with Gasteiger partial charge in [-0.15, -0.1) is 0 Å². The van der Waals surface area contributed by atoms with Crippen LogP contribution in [0.15, 0.2) is 54.6 Å². The number of hydrogen-bond acceptors (Lipinski definition) is 2. The highest BCUT2D eigenvalue weighted by Gasteiger charge is 1.99. The van der Waals surface area contributed by atoms with Gasteiger partial charge >= 0.3 is 5.97 Å². The molecule has 2 N–H and O–H groups in total. The quantitative estimate of drug-likeness (QED) is 0.775. The minimum absolute atomic E-state index is 0.200. The molecule has 3 heteroatoms. The lowest BCUT2D eigenvalue weighted by Gasteiger charge is -2.08. The molecule has 2 rings (SSSR count). The fraction of sp³-hybridized carbons (Fsp3) is 0.188. The predicted molar refractivity (Wildman–Crippen MR) is 77.2 cm³/mol. The molecule has 0 saturated heterocycles. The highest BCUT2D eigenvalue weighted by atomic mass is 16.4. The molecular weight excluding hydrogens is 238 g/mol. The van der Waals surface area contributed by atoms with Crippen LogP contribution in [-0.2, 0) is 4.79 Å². The van der Waals surface area contributed by atoms with Crippen LogP contribution in [0.3, 0.4) is 0 Å². The second kappa shape index (κ2) is 6.59. The maximum atomic E-state index is 10.4. The lowest BCUT2D eigenvalue weighted by atomic mass is 10.1. The van der Waals surface area contributed by atoms with E-state index in [0.717, 1.165) is 11.3 Å². The molecule has 0 radical (unpaired) electrons. The Labute approximate surface area is 112 Å². The molecule has 2 aromatic carbocycles. The summed E-state index contributed by atoms with van der Waals surface area (Å²) in [5.74, 6) is -0.750. The van der Waals surface area contributed by atoms with Gasteiger partial charge in [0.1, 0.15) is 0 Å². The van der Waals surface area contributed by atoms with Crippen molar-refractivity contribution in [1.82, 2.24) is 0 Å². The first-order chi connectivity index (χ1) is 9.25. The highest BCUT2D eigenvalue weighted by Crippen LogP contribution is 2.22. The van der Waals surface area contributed by atoms with Crippen LogP contribution in [0.2, 0.25) is 0 Å². The van der Waals surface area contributed by atoms with Gasteiger partial charge in [-0.05, 0) is 29.7 Å². The number of rotatable bonds is 6. The molecule has 0 spiro atoms. The van der Waals surface area contributed by atoms with Gasteiger partial charge in [-0.1, -0.05) is 42.5 Å². The number of carboxylic acids is 1. The van der Waals surface area contributed by atoms with Crippen molar-refractivity contribution in [3.8, 4) is 11.1 Å². The van der Waals surface area contributed by atoms with Crippen LogP contribution in [0.5, 0.6) is 0 Å². The fourth-order valence-electron chi connectivity index (χ4n) is 1.91. The smallest absolute Gasteiger partial charge is 0.303 e. The lowest BCUT2D eigenvalue weighted by molar-refractivity contribution is -0.137. The Morgan fingerprint density at radius 1 is 1.00 bits per heavy atom. The summed E-state index contributed by atoms with van der Waals surface area (Å²) < 4.78 is 0. The molecule has 3 nitrogen and oxygen atoms in total. The van der Waals surface area contributed by atoms with E-state index < -0.39 is 5.97 Å². The van der Waals surface area contributed by atoms with Crippen molar-refractivity contribution in [1.29, 1.82) is 0 Å². The Morgan fingerprint density at radius 2 is 1.74 bits per heavy atom. The number of anilines is 1. The third-order valence-corrected chi connectivity index (χ3v) is 2.87. The zero-order valence-electron chi connectivity index (χ0n) is 10.7. The molecule has 0 amide bonds. The third kappa shape index (κ3) is 4.14. The van der Waals surface area contributed by atoms with E-state index in [4.69, 9.17) is 5.11 Å². The topological polar surface area (TPSA) is 49.3 Å². The van der Waals surface area contributed by atoms with Crippen LogP contribution in [0, 0.1) is 0 Å².